The number of anilines is 1. The second kappa shape index (κ2) is 5.73. The normalized spacial score (nSPS) is 10.1. The molecule has 0 bridgehead atoms. The highest BCUT2D eigenvalue weighted by atomic mass is 79.9. The van der Waals surface area contributed by atoms with Crippen molar-refractivity contribution in [2.24, 2.45) is 0 Å². The highest BCUT2D eigenvalue weighted by Crippen LogP contribution is 2.18. The Balaban J connectivity index is 2.03. The van der Waals surface area contributed by atoms with Gasteiger partial charge in [-0.25, -0.2) is 0 Å². The third-order valence-electron chi connectivity index (χ3n) is 2.22. The van der Waals surface area contributed by atoms with Crippen LogP contribution in [0, 0.1) is 0 Å². The lowest BCUT2D eigenvalue weighted by Gasteiger charge is -2.05. The molecule has 2 rings (SSSR count). The molecule has 5 heteroatoms. The minimum absolute atomic E-state index is 0.260. The molecule has 0 aliphatic carbocycles. The van der Waals surface area contributed by atoms with Crippen molar-refractivity contribution in [3.8, 4) is 5.75 Å². The number of rotatable bonds is 4. The molecule has 0 atom stereocenters. The van der Waals surface area contributed by atoms with Gasteiger partial charge in [-0.05, 0) is 59.3 Å². The van der Waals surface area contributed by atoms with E-state index in [1.165, 1.54) is 0 Å². The maximum atomic E-state index is 11.8. The Morgan fingerprint density at radius 3 is 2.56 bits per heavy atom. The van der Waals surface area contributed by atoms with Crippen LogP contribution >= 0.6 is 15.9 Å². The molecule has 0 aliphatic heterocycles. The largest absolute Gasteiger partial charge is 0.494 e. The predicted molar refractivity (Wildman–Crippen MR) is 72.0 cm³/mol. The molecule has 0 aliphatic rings. The van der Waals surface area contributed by atoms with Crippen LogP contribution in [0.2, 0.25) is 0 Å². The quantitative estimate of drug-likeness (QED) is 0.937. The lowest BCUT2D eigenvalue weighted by molar-refractivity contribution is 0.0995. The van der Waals surface area contributed by atoms with Crippen LogP contribution in [-0.4, -0.2) is 12.5 Å². The smallest absolute Gasteiger partial charge is 0.291 e. The number of ether oxygens (including phenoxy) is 1. The third kappa shape index (κ3) is 3.13. The van der Waals surface area contributed by atoms with Crippen LogP contribution in [0.4, 0.5) is 5.69 Å². The number of hydrogen-bond acceptors (Lipinski definition) is 3. The zero-order valence-corrected chi connectivity index (χ0v) is 11.4. The van der Waals surface area contributed by atoms with Crippen LogP contribution in [0.15, 0.2) is 45.5 Å². The van der Waals surface area contributed by atoms with E-state index in [2.05, 4.69) is 21.2 Å². The molecule has 0 fully saturated rings. The summed E-state index contributed by atoms with van der Waals surface area (Å²) in [6.07, 6.45) is 0. The molecular formula is C13H12BrNO3. The Kier molecular flexibility index (Phi) is 4.04. The van der Waals surface area contributed by atoms with Gasteiger partial charge >= 0.3 is 0 Å². The molecule has 1 amide bonds. The summed E-state index contributed by atoms with van der Waals surface area (Å²) in [6.45, 7) is 2.54. The number of halogens is 1. The van der Waals surface area contributed by atoms with E-state index in [-0.39, 0.29) is 11.7 Å². The molecule has 1 heterocycles. The van der Waals surface area contributed by atoms with E-state index in [1.54, 1.807) is 36.4 Å². The Morgan fingerprint density at radius 1 is 1.28 bits per heavy atom. The van der Waals surface area contributed by atoms with E-state index in [4.69, 9.17) is 9.15 Å². The first-order valence-corrected chi connectivity index (χ1v) is 6.28. The summed E-state index contributed by atoms with van der Waals surface area (Å²) < 4.78 is 11.0. The monoisotopic (exact) mass is 309 g/mol. The van der Waals surface area contributed by atoms with Crippen molar-refractivity contribution in [1.29, 1.82) is 0 Å². The summed E-state index contributed by atoms with van der Waals surface area (Å²) in [7, 11) is 0. The Labute approximate surface area is 113 Å². The van der Waals surface area contributed by atoms with Gasteiger partial charge in [0.15, 0.2) is 10.4 Å². The number of furan rings is 1. The third-order valence-corrected chi connectivity index (χ3v) is 2.65. The molecule has 0 unspecified atom stereocenters. The highest BCUT2D eigenvalue weighted by Gasteiger charge is 2.10. The summed E-state index contributed by atoms with van der Waals surface area (Å²) in [5.74, 6) is 0.747. The summed E-state index contributed by atoms with van der Waals surface area (Å²) >= 11 is 3.15. The van der Waals surface area contributed by atoms with Crippen molar-refractivity contribution >= 4 is 27.5 Å². The number of benzene rings is 1. The van der Waals surface area contributed by atoms with Crippen LogP contribution in [0.1, 0.15) is 17.5 Å². The van der Waals surface area contributed by atoms with Crippen molar-refractivity contribution in [3.63, 3.8) is 0 Å². The Bertz CT molecular complexity index is 533. The van der Waals surface area contributed by atoms with E-state index < -0.39 is 0 Å². The molecule has 0 spiro atoms. The first kappa shape index (κ1) is 12.7. The minimum Gasteiger partial charge on any atom is -0.494 e. The second-order valence-electron chi connectivity index (χ2n) is 3.52. The van der Waals surface area contributed by atoms with E-state index in [1.807, 2.05) is 6.92 Å². The maximum absolute atomic E-state index is 11.8. The van der Waals surface area contributed by atoms with Crippen molar-refractivity contribution < 1.29 is 13.9 Å². The summed E-state index contributed by atoms with van der Waals surface area (Å²) in [5, 5.41) is 2.73. The van der Waals surface area contributed by atoms with Gasteiger partial charge in [0.25, 0.3) is 5.91 Å². The molecule has 1 aromatic heterocycles. The van der Waals surface area contributed by atoms with Gasteiger partial charge in [-0.2, -0.15) is 0 Å². The van der Waals surface area contributed by atoms with Crippen LogP contribution in [0.25, 0.3) is 0 Å². The van der Waals surface area contributed by atoms with Gasteiger partial charge < -0.3 is 14.5 Å². The van der Waals surface area contributed by atoms with Gasteiger partial charge in [-0.1, -0.05) is 0 Å². The molecule has 94 valence electrons. The van der Waals surface area contributed by atoms with Crippen LogP contribution in [0.5, 0.6) is 5.75 Å². The van der Waals surface area contributed by atoms with E-state index in [9.17, 15) is 4.79 Å². The number of hydrogen-bond donors (Lipinski definition) is 1. The van der Waals surface area contributed by atoms with Crippen molar-refractivity contribution in [3.05, 3.63) is 46.8 Å². The number of nitrogens with one attached hydrogen (secondary N) is 1. The van der Waals surface area contributed by atoms with Crippen LogP contribution < -0.4 is 10.1 Å². The summed E-state index contributed by atoms with van der Waals surface area (Å²) in [4.78, 5) is 11.8. The second-order valence-corrected chi connectivity index (χ2v) is 4.30. The Morgan fingerprint density at radius 2 is 2.00 bits per heavy atom. The molecular weight excluding hydrogens is 298 g/mol. The molecule has 2 aromatic rings. The molecule has 4 nitrogen and oxygen atoms in total. The SMILES string of the molecule is CCOc1ccc(NC(=O)c2ccc(Br)o2)cc1. The maximum Gasteiger partial charge on any atom is 0.291 e. The van der Waals surface area contributed by atoms with Crippen molar-refractivity contribution in [2.75, 3.05) is 11.9 Å². The molecule has 0 radical (unpaired) electrons. The fourth-order valence-electron chi connectivity index (χ4n) is 1.43. The molecule has 0 saturated carbocycles. The fraction of sp³-hybridized carbons (Fsp3) is 0.154. The number of amides is 1. The van der Waals surface area contributed by atoms with Gasteiger partial charge in [0.1, 0.15) is 5.75 Å². The predicted octanol–water partition coefficient (Wildman–Crippen LogP) is 3.69. The summed E-state index contributed by atoms with van der Waals surface area (Å²) in [6, 6.07) is 10.4. The van der Waals surface area contributed by atoms with Gasteiger partial charge in [-0.15, -0.1) is 0 Å². The van der Waals surface area contributed by atoms with Crippen LogP contribution in [-0.2, 0) is 0 Å². The van der Waals surface area contributed by atoms with E-state index in [0.29, 0.717) is 17.0 Å². The molecule has 1 aromatic carbocycles. The number of carbonyl (C=O) groups is 1. The topological polar surface area (TPSA) is 51.5 Å². The van der Waals surface area contributed by atoms with E-state index in [0.717, 1.165) is 5.75 Å². The van der Waals surface area contributed by atoms with Gasteiger partial charge in [0, 0.05) is 5.69 Å². The van der Waals surface area contributed by atoms with Gasteiger partial charge in [-0.3, -0.25) is 4.79 Å². The van der Waals surface area contributed by atoms with Gasteiger partial charge in [0.2, 0.25) is 0 Å². The highest BCUT2D eigenvalue weighted by molar-refractivity contribution is 9.10. The number of carbonyl (C=O) groups excluding carboxylic acids is 1. The van der Waals surface area contributed by atoms with Crippen molar-refractivity contribution in [1.82, 2.24) is 0 Å². The minimum atomic E-state index is -0.287. The zero-order chi connectivity index (χ0) is 13.0. The molecule has 0 saturated heterocycles. The average Bonchev–Trinajstić information content (AvgIpc) is 2.79. The molecule has 18 heavy (non-hydrogen) atoms. The Hall–Kier alpha value is -1.75. The molecule has 1 N–H and O–H groups in total. The lowest BCUT2D eigenvalue weighted by atomic mass is 10.3. The first-order chi connectivity index (χ1) is 8.69. The zero-order valence-electron chi connectivity index (χ0n) is 9.77. The first-order valence-electron chi connectivity index (χ1n) is 5.48. The average molecular weight is 310 g/mol. The van der Waals surface area contributed by atoms with E-state index >= 15 is 0 Å². The van der Waals surface area contributed by atoms with Crippen LogP contribution in [0.3, 0.4) is 0 Å². The lowest BCUT2D eigenvalue weighted by Crippen LogP contribution is -2.10. The summed E-state index contributed by atoms with van der Waals surface area (Å²) in [5.41, 5.74) is 0.691. The van der Waals surface area contributed by atoms with Crippen molar-refractivity contribution in [2.45, 2.75) is 6.92 Å². The van der Waals surface area contributed by atoms with Gasteiger partial charge in [0.05, 0.1) is 6.61 Å². The standard InChI is InChI=1S/C13H12BrNO3/c1-2-17-10-5-3-9(4-6-10)15-13(16)11-7-8-12(14)18-11/h3-8H,2H2,1H3,(H,15,16). The fourth-order valence-corrected chi connectivity index (χ4v) is 1.74.